The van der Waals surface area contributed by atoms with Gasteiger partial charge in [0.2, 0.25) is 0 Å². The lowest BCUT2D eigenvalue weighted by Crippen LogP contribution is -2.37. The summed E-state index contributed by atoms with van der Waals surface area (Å²) < 4.78 is 0. The number of rotatable bonds is 2. The molecule has 2 aliphatic carbocycles. The van der Waals surface area contributed by atoms with Crippen molar-refractivity contribution in [1.82, 2.24) is 0 Å². The SMILES string of the molecule is OB(O)C1CC(C2CCC2)C1. The van der Waals surface area contributed by atoms with Gasteiger partial charge >= 0.3 is 7.12 Å². The molecule has 0 amide bonds. The third kappa shape index (κ3) is 1.32. The molecule has 11 heavy (non-hydrogen) atoms. The zero-order valence-corrected chi connectivity index (χ0v) is 6.74. The van der Waals surface area contributed by atoms with Gasteiger partial charge in [0.15, 0.2) is 0 Å². The Morgan fingerprint density at radius 1 is 1.00 bits per heavy atom. The van der Waals surface area contributed by atoms with Crippen molar-refractivity contribution in [1.29, 1.82) is 0 Å². The molecule has 2 rings (SSSR count). The topological polar surface area (TPSA) is 40.5 Å². The third-order valence-corrected chi connectivity index (χ3v) is 3.45. The fourth-order valence-corrected chi connectivity index (χ4v) is 2.25. The van der Waals surface area contributed by atoms with Crippen molar-refractivity contribution >= 4 is 7.12 Å². The molecule has 0 unspecified atom stereocenters. The minimum Gasteiger partial charge on any atom is -0.427 e. The maximum absolute atomic E-state index is 8.82. The van der Waals surface area contributed by atoms with Crippen molar-refractivity contribution in [3.05, 3.63) is 0 Å². The van der Waals surface area contributed by atoms with E-state index in [0.29, 0.717) is 0 Å². The van der Waals surface area contributed by atoms with Crippen LogP contribution >= 0.6 is 0 Å². The Hall–Kier alpha value is -0.0151. The summed E-state index contributed by atoms with van der Waals surface area (Å²) in [5, 5.41) is 17.6. The van der Waals surface area contributed by atoms with Gasteiger partial charge in [-0.1, -0.05) is 19.3 Å². The standard InChI is InChI=1S/C8H15BO2/c10-9(11)8-4-7(5-8)6-2-1-3-6/h6-8,10-11H,1-5H2. The Labute approximate surface area is 67.8 Å². The summed E-state index contributed by atoms with van der Waals surface area (Å²) in [4.78, 5) is 0. The average Bonchev–Trinajstić information content (AvgIpc) is 1.70. The van der Waals surface area contributed by atoms with E-state index in [-0.39, 0.29) is 5.82 Å². The van der Waals surface area contributed by atoms with Crippen molar-refractivity contribution < 1.29 is 10.0 Å². The highest BCUT2D eigenvalue weighted by atomic mass is 16.4. The van der Waals surface area contributed by atoms with Crippen molar-refractivity contribution in [3.63, 3.8) is 0 Å². The van der Waals surface area contributed by atoms with Crippen LogP contribution in [0.25, 0.3) is 0 Å². The van der Waals surface area contributed by atoms with Crippen molar-refractivity contribution in [3.8, 4) is 0 Å². The summed E-state index contributed by atoms with van der Waals surface area (Å²) >= 11 is 0. The first-order valence-electron chi connectivity index (χ1n) is 4.63. The Morgan fingerprint density at radius 3 is 2.00 bits per heavy atom. The molecular weight excluding hydrogens is 139 g/mol. The Balaban J connectivity index is 1.70. The van der Waals surface area contributed by atoms with Crippen LogP contribution in [0.4, 0.5) is 0 Å². The molecule has 2 N–H and O–H groups in total. The normalized spacial score (nSPS) is 37.6. The summed E-state index contributed by atoms with van der Waals surface area (Å²) in [6, 6.07) is 0. The van der Waals surface area contributed by atoms with Gasteiger partial charge < -0.3 is 10.0 Å². The highest BCUT2D eigenvalue weighted by Crippen LogP contribution is 2.49. The van der Waals surface area contributed by atoms with Crippen LogP contribution in [0.1, 0.15) is 32.1 Å². The molecule has 2 nitrogen and oxygen atoms in total. The van der Waals surface area contributed by atoms with Gasteiger partial charge in [0.05, 0.1) is 0 Å². The number of hydrogen-bond acceptors (Lipinski definition) is 2. The second-order valence-corrected chi connectivity index (χ2v) is 4.10. The van der Waals surface area contributed by atoms with Crippen LogP contribution in [-0.4, -0.2) is 17.2 Å². The minimum atomic E-state index is -1.05. The highest BCUT2D eigenvalue weighted by Gasteiger charge is 2.42. The maximum atomic E-state index is 8.82. The van der Waals surface area contributed by atoms with E-state index in [1.54, 1.807) is 0 Å². The van der Waals surface area contributed by atoms with Crippen molar-refractivity contribution in [2.24, 2.45) is 11.8 Å². The van der Waals surface area contributed by atoms with Crippen LogP contribution in [-0.2, 0) is 0 Å². The molecule has 0 spiro atoms. The second kappa shape index (κ2) is 2.79. The van der Waals surface area contributed by atoms with E-state index >= 15 is 0 Å². The fourth-order valence-electron chi connectivity index (χ4n) is 2.25. The Kier molecular flexibility index (Phi) is 1.94. The molecular formula is C8H15BO2. The van der Waals surface area contributed by atoms with Gasteiger partial charge in [-0.3, -0.25) is 0 Å². The van der Waals surface area contributed by atoms with Crippen LogP contribution in [0.3, 0.4) is 0 Å². The van der Waals surface area contributed by atoms with Gasteiger partial charge in [0, 0.05) is 0 Å². The zero-order chi connectivity index (χ0) is 7.84. The number of hydrogen-bond donors (Lipinski definition) is 2. The minimum absolute atomic E-state index is 0.195. The van der Waals surface area contributed by atoms with E-state index in [9.17, 15) is 0 Å². The molecule has 3 heteroatoms. The molecule has 0 saturated heterocycles. The molecule has 2 fully saturated rings. The fraction of sp³-hybridized carbons (Fsp3) is 1.00. The molecule has 0 aliphatic heterocycles. The quantitative estimate of drug-likeness (QED) is 0.583. The first-order chi connectivity index (χ1) is 5.27. The lowest BCUT2D eigenvalue weighted by molar-refractivity contribution is 0.117. The summed E-state index contributed by atoms with van der Waals surface area (Å²) in [6.45, 7) is 0. The van der Waals surface area contributed by atoms with Gasteiger partial charge in [-0.05, 0) is 30.5 Å². The zero-order valence-electron chi connectivity index (χ0n) is 6.74. The van der Waals surface area contributed by atoms with Gasteiger partial charge in [-0.15, -0.1) is 0 Å². The predicted octanol–water partition coefficient (Wildman–Crippen LogP) is 1.04. The Bertz CT molecular complexity index is 139. The molecule has 2 aliphatic rings. The van der Waals surface area contributed by atoms with Gasteiger partial charge in [0.1, 0.15) is 0 Å². The van der Waals surface area contributed by atoms with Crippen molar-refractivity contribution in [2.45, 2.75) is 37.9 Å². The van der Waals surface area contributed by atoms with Gasteiger partial charge in [0.25, 0.3) is 0 Å². The van der Waals surface area contributed by atoms with Gasteiger partial charge in [-0.2, -0.15) is 0 Å². The second-order valence-electron chi connectivity index (χ2n) is 4.10. The summed E-state index contributed by atoms with van der Waals surface area (Å²) in [6.07, 6.45) is 6.29. The molecule has 0 bridgehead atoms. The van der Waals surface area contributed by atoms with E-state index in [1.165, 1.54) is 19.3 Å². The Morgan fingerprint density at radius 2 is 1.64 bits per heavy atom. The van der Waals surface area contributed by atoms with Crippen molar-refractivity contribution in [2.75, 3.05) is 0 Å². The van der Waals surface area contributed by atoms with Gasteiger partial charge in [-0.25, -0.2) is 0 Å². The summed E-state index contributed by atoms with van der Waals surface area (Å²) in [7, 11) is -1.05. The molecule has 2 saturated carbocycles. The average molecular weight is 154 g/mol. The largest absolute Gasteiger partial charge is 0.454 e. The molecule has 0 aromatic carbocycles. The van der Waals surface area contributed by atoms with E-state index < -0.39 is 7.12 Å². The maximum Gasteiger partial charge on any atom is 0.454 e. The van der Waals surface area contributed by atoms with E-state index in [1.807, 2.05) is 0 Å². The summed E-state index contributed by atoms with van der Waals surface area (Å²) in [5.74, 6) is 1.96. The molecule has 0 aromatic rings. The molecule has 0 atom stereocenters. The lowest BCUT2D eigenvalue weighted by atomic mass is 9.52. The summed E-state index contributed by atoms with van der Waals surface area (Å²) in [5.41, 5.74) is 0. The van der Waals surface area contributed by atoms with Crippen LogP contribution in [0.2, 0.25) is 5.82 Å². The third-order valence-electron chi connectivity index (χ3n) is 3.45. The molecule has 0 radical (unpaired) electrons. The monoisotopic (exact) mass is 154 g/mol. The van der Waals surface area contributed by atoms with E-state index in [0.717, 1.165) is 24.7 Å². The lowest BCUT2D eigenvalue weighted by Gasteiger charge is -2.44. The van der Waals surface area contributed by atoms with Crippen LogP contribution < -0.4 is 0 Å². The predicted molar refractivity (Wildman–Crippen MR) is 44.0 cm³/mol. The van der Waals surface area contributed by atoms with Crippen LogP contribution in [0, 0.1) is 11.8 Å². The van der Waals surface area contributed by atoms with E-state index in [2.05, 4.69) is 0 Å². The molecule has 0 heterocycles. The smallest absolute Gasteiger partial charge is 0.427 e. The molecule has 62 valence electrons. The van der Waals surface area contributed by atoms with E-state index in [4.69, 9.17) is 10.0 Å². The highest BCUT2D eigenvalue weighted by molar-refractivity contribution is 6.43. The molecule has 0 aromatic heterocycles. The van der Waals surface area contributed by atoms with Crippen LogP contribution in [0.15, 0.2) is 0 Å². The first-order valence-corrected chi connectivity index (χ1v) is 4.63. The van der Waals surface area contributed by atoms with Crippen LogP contribution in [0.5, 0.6) is 0 Å². The first kappa shape index (κ1) is 7.62.